The third kappa shape index (κ3) is 5.23. The number of carboxylic acids is 1. The summed E-state index contributed by atoms with van der Waals surface area (Å²) in [5, 5.41) is 7.12. The summed E-state index contributed by atoms with van der Waals surface area (Å²) in [6.45, 7) is 0. The molecule has 0 aromatic heterocycles. The highest BCUT2D eigenvalue weighted by Gasteiger charge is 2.39. The Balaban J connectivity index is 0.000000256. The normalized spacial score (nSPS) is 26.5. The Kier molecular flexibility index (Phi) is 6.35. The van der Waals surface area contributed by atoms with Crippen LogP contribution in [0.3, 0.4) is 0 Å². The van der Waals surface area contributed by atoms with E-state index in [0.29, 0.717) is 6.10 Å². The maximum Gasteiger partial charge on any atom is 0.490 e. The second-order valence-electron chi connectivity index (χ2n) is 6.02. The van der Waals surface area contributed by atoms with Gasteiger partial charge in [0, 0.05) is 15.7 Å². The fourth-order valence-electron chi connectivity index (χ4n) is 3.16. The number of halogens is 4. The Morgan fingerprint density at radius 2 is 1.67 bits per heavy atom. The maximum absolute atomic E-state index is 10.6. The number of carboxylic acid groups (broad SMARTS) is 1. The lowest BCUT2D eigenvalue weighted by Gasteiger charge is -2.36. The topological polar surface area (TPSA) is 49.8 Å². The first-order valence-corrected chi connectivity index (χ1v) is 8.69. The summed E-state index contributed by atoms with van der Waals surface area (Å²) < 4.78 is 39.1. The summed E-state index contributed by atoms with van der Waals surface area (Å²) >= 11 is 2.32. The van der Waals surface area contributed by atoms with Crippen molar-refractivity contribution in [2.75, 3.05) is 7.05 Å². The molecule has 0 saturated carbocycles. The van der Waals surface area contributed by atoms with Gasteiger partial charge in [0.2, 0.25) is 0 Å². The molecule has 0 unspecified atom stereocenters. The van der Waals surface area contributed by atoms with Gasteiger partial charge < -0.3 is 14.7 Å². The molecule has 3 atom stereocenters. The van der Waals surface area contributed by atoms with Gasteiger partial charge in [0.1, 0.15) is 11.9 Å². The van der Waals surface area contributed by atoms with Crippen molar-refractivity contribution in [3.8, 4) is 5.75 Å². The summed E-state index contributed by atoms with van der Waals surface area (Å²) in [7, 11) is 2.27. The quantitative estimate of drug-likeness (QED) is 0.685. The highest BCUT2D eigenvalue weighted by atomic mass is 127. The molecule has 0 amide bonds. The van der Waals surface area contributed by atoms with Crippen LogP contribution in [-0.2, 0) is 4.79 Å². The largest absolute Gasteiger partial charge is 0.490 e. The minimum atomic E-state index is -5.08. The van der Waals surface area contributed by atoms with Gasteiger partial charge in [-0.25, -0.2) is 4.79 Å². The molecular weight excluding hydrogens is 438 g/mol. The molecule has 2 fully saturated rings. The molecule has 2 bridgehead atoms. The predicted octanol–water partition coefficient (Wildman–Crippen LogP) is 3.93. The summed E-state index contributed by atoms with van der Waals surface area (Å²) in [6.07, 6.45) is 0.433. The number of carbonyl (C=O) groups is 1. The zero-order chi connectivity index (χ0) is 17.9. The van der Waals surface area contributed by atoms with E-state index in [4.69, 9.17) is 14.6 Å². The lowest BCUT2D eigenvalue weighted by atomic mass is 10.0. The zero-order valence-corrected chi connectivity index (χ0v) is 15.3. The van der Waals surface area contributed by atoms with Crippen LogP contribution in [0.5, 0.6) is 5.75 Å². The Morgan fingerprint density at radius 1 is 1.21 bits per heavy atom. The summed E-state index contributed by atoms with van der Waals surface area (Å²) in [5.41, 5.74) is 0. The lowest BCUT2D eigenvalue weighted by Crippen LogP contribution is -2.43. The number of piperidine rings is 1. The van der Waals surface area contributed by atoms with Crippen molar-refractivity contribution in [3.63, 3.8) is 0 Å². The monoisotopic (exact) mass is 457 g/mol. The van der Waals surface area contributed by atoms with E-state index in [1.165, 1.54) is 29.3 Å². The van der Waals surface area contributed by atoms with E-state index in [0.717, 1.165) is 17.8 Å². The first-order chi connectivity index (χ1) is 11.2. The van der Waals surface area contributed by atoms with Gasteiger partial charge in [0.25, 0.3) is 0 Å². The second-order valence-corrected chi connectivity index (χ2v) is 7.26. The molecule has 2 aliphatic rings. The minimum absolute atomic E-state index is 0.420. The molecule has 8 heteroatoms. The average molecular weight is 457 g/mol. The molecule has 3 rings (SSSR count). The van der Waals surface area contributed by atoms with E-state index in [1.807, 2.05) is 0 Å². The van der Waals surface area contributed by atoms with Crippen molar-refractivity contribution < 1.29 is 27.8 Å². The standard InChI is InChI=1S/C14H18INO.C2HF3O2/c1-16-11-4-5-12(16)9-14(8-11)17-13-6-2-10(15)3-7-13;3-2(4,5)1(6)7/h2-3,6-7,11-12,14H,4-5,8-9H2,1H3;(H,6,7)/t11-,12+,14+;. The number of rotatable bonds is 2. The predicted molar refractivity (Wildman–Crippen MR) is 91.1 cm³/mol. The van der Waals surface area contributed by atoms with E-state index in [1.54, 1.807) is 0 Å². The van der Waals surface area contributed by atoms with Crippen LogP contribution in [0.1, 0.15) is 25.7 Å². The molecular formula is C16H19F3INO3. The Morgan fingerprint density at radius 3 is 2.08 bits per heavy atom. The molecule has 2 heterocycles. The Hall–Kier alpha value is -1.03. The van der Waals surface area contributed by atoms with Crippen LogP contribution in [0.2, 0.25) is 0 Å². The van der Waals surface area contributed by atoms with E-state index in [-0.39, 0.29) is 0 Å². The molecule has 2 saturated heterocycles. The molecule has 1 aromatic carbocycles. The van der Waals surface area contributed by atoms with Crippen LogP contribution < -0.4 is 4.74 Å². The molecule has 1 N–H and O–H groups in total. The maximum atomic E-state index is 10.6. The molecule has 0 aliphatic carbocycles. The summed E-state index contributed by atoms with van der Waals surface area (Å²) in [6, 6.07) is 9.90. The fourth-order valence-corrected chi connectivity index (χ4v) is 3.52. The van der Waals surface area contributed by atoms with Crippen LogP contribution in [0.15, 0.2) is 24.3 Å². The Labute approximate surface area is 152 Å². The number of benzene rings is 1. The number of ether oxygens (including phenoxy) is 1. The summed E-state index contributed by atoms with van der Waals surface area (Å²) in [4.78, 5) is 11.4. The van der Waals surface area contributed by atoms with Gasteiger partial charge in [-0.2, -0.15) is 13.2 Å². The number of hydrogen-bond donors (Lipinski definition) is 1. The van der Waals surface area contributed by atoms with E-state index < -0.39 is 12.1 Å². The molecule has 1 aromatic rings. The van der Waals surface area contributed by atoms with Crippen molar-refractivity contribution in [2.24, 2.45) is 0 Å². The van der Waals surface area contributed by atoms with Gasteiger partial charge in [0.05, 0.1) is 0 Å². The first kappa shape index (κ1) is 19.3. The second kappa shape index (κ2) is 7.90. The van der Waals surface area contributed by atoms with Crippen molar-refractivity contribution in [1.29, 1.82) is 0 Å². The van der Waals surface area contributed by atoms with Crippen LogP contribution in [0.4, 0.5) is 13.2 Å². The molecule has 134 valence electrons. The first-order valence-electron chi connectivity index (χ1n) is 7.61. The molecule has 0 spiro atoms. The number of fused-ring (bicyclic) bond motifs is 2. The lowest BCUT2D eigenvalue weighted by molar-refractivity contribution is -0.192. The number of alkyl halides is 3. The molecule has 0 radical (unpaired) electrons. The van der Waals surface area contributed by atoms with Gasteiger partial charge in [-0.3, -0.25) is 0 Å². The van der Waals surface area contributed by atoms with Crippen molar-refractivity contribution in [1.82, 2.24) is 4.90 Å². The highest BCUT2D eigenvalue weighted by molar-refractivity contribution is 14.1. The van der Waals surface area contributed by atoms with Crippen LogP contribution in [0, 0.1) is 3.57 Å². The number of aliphatic carboxylic acids is 1. The van der Waals surface area contributed by atoms with Gasteiger partial charge in [-0.15, -0.1) is 0 Å². The molecule has 2 aliphatic heterocycles. The average Bonchev–Trinajstić information content (AvgIpc) is 2.72. The van der Waals surface area contributed by atoms with Crippen molar-refractivity contribution in [3.05, 3.63) is 27.8 Å². The van der Waals surface area contributed by atoms with E-state index in [9.17, 15) is 13.2 Å². The number of nitrogens with zero attached hydrogens (tertiary/aromatic N) is 1. The van der Waals surface area contributed by atoms with Crippen LogP contribution in [-0.4, -0.2) is 47.4 Å². The van der Waals surface area contributed by atoms with Gasteiger partial charge in [-0.05, 0) is 79.6 Å². The number of hydrogen-bond acceptors (Lipinski definition) is 3. The van der Waals surface area contributed by atoms with E-state index in [2.05, 4.69) is 58.8 Å². The van der Waals surface area contributed by atoms with Crippen LogP contribution >= 0.6 is 22.6 Å². The third-order valence-corrected chi connectivity index (χ3v) is 5.13. The SMILES string of the molecule is CN1[C@@H]2CC[C@H]1C[C@@H](Oc1ccc(I)cc1)C2.O=C(O)C(F)(F)F. The van der Waals surface area contributed by atoms with Crippen molar-refractivity contribution in [2.45, 2.75) is 50.0 Å². The highest BCUT2D eigenvalue weighted by Crippen LogP contribution is 2.35. The minimum Gasteiger partial charge on any atom is -0.490 e. The van der Waals surface area contributed by atoms with Gasteiger partial charge in [0.15, 0.2) is 0 Å². The van der Waals surface area contributed by atoms with Gasteiger partial charge in [-0.1, -0.05) is 0 Å². The third-order valence-electron chi connectivity index (χ3n) is 4.41. The van der Waals surface area contributed by atoms with E-state index >= 15 is 0 Å². The molecule has 4 nitrogen and oxygen atoms in total. The smallest absolute Gasteiger partial charge is 0.490 e. The van der Waals surface area contributed by atoms with Crippen LogP contribution in [0.25, 0.3) is 0 Å². The van der Waals surface area contributed by atoms with Gasteiger partial charge >= 0.3 is 12.1 Å². The zero-order valence-electron chi connectivity index (χ0n) is 13.1. The Bertz CT molecular complexity index is 551. The van der Waals surface area contributed by atoms with Crippen molar-refractivity contribution >= 4 is 28.6 Å². The molecule has 24 heavy (non-hydrogen) atoms. The summed E-state index contributed by atoms with van der Waals surface area (Å²) in [5.74, 6) is -1.73. The fraction of sp³-hybridized carbons (Fsp3) is 0.562.